The summed E-state index contributed by atoms with van der Waals surface area (Å²) in [6.45, 7) is 5.75. The van der Waals surface area contributed by atoms with Crippen molar-refractivity contribution >= 4 is 5.91 Å². The zero-order chi connectivity index (χ0) is 12.3. The van der Waals surface area contributed by atoms with Crippen LogP contribution in [0.2, 0.25) is 0 Å². The van der Waals surface area contributed by atoms with Crippen LogP contribution < -0.4 is 0 Å². The molecule has 3 heteroatoms. The van der Waals surface area contributed by atoms with Crippen LogP contribution in [-0.2, 0) is 4.79 Å². The average molecular weight is 237 g/mol. The van der Waals surface area contributed by atoms with E-state index in [1.165, 1.54) is 0 Å². The number of likely N-dealkylation sites (tertiary alicyclic amines) is 1. The summed E-state index contributed by atoms with van der Waals surface area (Å²) in [5.41, 5.74) is -0.396. The lowest BCUT2D eigenvalue weighted by Crippen LogP contribution is -2.60. The van der Waals surface area contributed by atoms with Gasteiger partial charge in [0.25, 0.3) is 0 Å². The number of hydrogen-bond acceptors (Lipinski definition) is 2. The quantitative estimate of drug-likeness (QED) is 0.757. The molecule has 17 heavy (non-hydrogen) atoms. The third-order valence-corrected chi connectivity index (χ3v) is 5.76. The van der Waals surface area contributed by atoms with Crippen LogP contribution in [-0.4, -0.2) is 34.6 Å². The van der Waals surface area contributed by atoms with E-state index in [-0.39, 0.29) is 10.8 Å². The minimum absolute atomic E-state index is 0.0351. The van der Waals surface area contributed by atoms with Crippen LogP contribution in [0.4, 0.5) is 0 Å². The van der Waals surface area contributed by atoms with Crippen LogP contribution in [0.15, 0.2) is 0 Å². The van der Waals surface area contributed by atoms with Crippen molar-refractivity contribution in [3.63, 3.8) is 0 Å². The van der Waals surface area contributed by atoms with Crippen molar-refractivity contribution in [3.05, 3.63) is 0 Å². The molecule has 3 nitrogen and oxygen atoms in total. The van der Waals surface area contributed by atoms with E-state index in [0.29, 0.717) is 5.91 Å². The number of amides is 1. The summed E-state index contributed by atoms with van der Waals surface area (Å²) in [5, 5.41) is 10.3. The molecule has 0 aromatic carbocycles. The fourth-order valence-corrected chi connectivity index (χ4v) is 3.55. The molecule has 0 bridgehead atoms. The molecule has 1 aliphatic heterocycles. The maximum Gasteiger partial charge on any atom is 0.228 e. The zero-order valence-electron chi connectivity index (χ0n) is 11.0. The largest absolute Gasteiger partial charge is 0.390 e. The zero-order valence-corrected chi connectivity index (χ0v) is 11.0. The molecule has 0 aromatic heterocycles. The Hall–Kier alpha value is -0.570. The molecule has 0 aromatic rings. The molecule has 3 rings (SSSR count). The van der Waals surface area contributed by atoms with E-state index in [2.05, 4.69) is 6.92 Å². The second-order valence-corrected chi connectivity index (χ2v) is 6.91. The molecule has 3 fully saturated rings. The number of hydrogen-bond donors (Lipinski definition) is 1. The number of nitrogens with zero attached hydrogens (tertiary/aromatic N) is 1. The van der Waals surface area contributed by atoms with Gasteiger partial charge in [0.05, 0.1) is 5.60 Å². The summed E-state index contributed by atoms with van der Waals surface area (Å²) in [6.07, 6.45) is 6.16. The first kappa shape index (κ1) is 11.5. The molecule has 1 atom stereocenters. The summed E-state index contributed by atoms with van der Waals surface area (Å²) < 4.78 is 0. The Balaban J connectivity index is 1.63. The molecular formula is C14H23NO2. The molecule has 0 radical (unpaired) electrons. The Morgan fingerprint density at radius 1 is 1.00 bits per heavy atom. The van der Waals surface area contributed by atoms with E-state index in [9.17, 15) is 9.90 Å². The number of carbonyl (C=O) groups excluding carboxylic acids is 1. The van der Waals surface area contributed by atoms with Crippen LogP contribution in [0.25, 0.3) is 0 Å². The lowest BCUT2D eigenvalue weighted by atomic mass is 9.53. The third-order valence-electron chi connectivity index (χ3n) is 5.76. The van der Waals surface area contributed by atoms with Gasteiger partial charge in [0.15, 0.2) is 0 Å². The van der Waals surface area contributed by atoms with Gasteiger partial charge in [-0.25, -0.2) is 0 Å². The van der Waals surface area contributed by atoms with Gasteiger partial charge < -0.3 is 10.0 Å². The lowest BCUT2D eigenvalue weighted by Gasteiger charge is -2.58. The highest BCUT2D eigenvalue weighted by molar-refractivity contribution is 5.85. The number of piperidine rings is 1. The Bertz CT molecular complexity index is 349. The Morgan fingerprint density at radius 2 is 1.59 bits per heavy atom. The standard InChI is InChI=1S/C14H23NO2/c1-12(3-4-12)11(16)15-9-7-14(8-10-15)6-5-13(14,2)17/h17H,3-10H2,1-2H3. The van der Waals surface area contributed by atoms with Crippen molar-refractivity contribution < 1.29 is 9.90 Å². The van der Waals surface area contributed by atoms with Crippen molar-refractivity contribution in [1.82, 2.24) is 4.90 Å². The van der Waals surface area contributed by atoms with Crippen molar-refractivity contribution in [2.45, 2.75) is 58.0 Å². The van der Waals surface area contributed by atoms with Gasteiger partial charge in [-0.05, 0) is 45.4 Å². The van der Waals surface area contributed by atoms with Crippen LogP contribution in [0, 0.1) is 10.8 Å². The van der Waals surface area contributed by atoms with Gasteiger partial charge in [-0.15, -0.1) is 0 Å². The van der Waals surface area contributed by atoms with Gasteiger partial charge >= 0.3 is 0 Å². The normalized spacial score (nSPS) is 37.7. The first-order valence-corrected chi connectivity index (χ1v) is 6.91. The first-order valence-electron chi connectivity index (χ1n) is 6.91. The predicted molar refractivity (Wildman–Crippen MR) is 65.4 cm³/mol. The second kappa shape index (κ2) is 3.25. The Morgan fingerprint density at radius 3 is 1.94 bits per heavy atom. The highest BCUT2D eigenvalue weighted by Crippen LogP contribution is 2.56. The third kappa shape index (κ3) is 1.55. The molecular weight excluding hydrogens is 214 g/mol. The van der Waals surface area contributed by atoms with Gasteiger partial charge in [-0.2, -0.15) is 0 Å². The van der Waals surface area contributed by atoms with Crippen LogP contribution in [0.5, 0.6) is 0 Å². The molecule has 3 aliphatic rings. The fourth-order valence-electron chi connectivity index (χ4n) is 3.55. The van der Waals surface area contributed by atoms with E-state index < -0.39 is 5.60 Å². The Kier molecular flexibility index (Phi) is 2.20. The predicted octanol–water partition coefficient (Wildman–Crippen LogP) is 1.94. The number of carbonyl (C=O) groups is 1. The average Bonchev–Trinajstić information content (AvgIpc) is 3.06. The molecule has 2 saturated carbocycles. The lowest BCUT2D eigenvalue weighted by molar-refractivity contribution is -0.181. The number of aliphatic hydroxyl groups is 1. The molecule has 2 aliphatic carbocycles. The highest BCUT2D eigenvalue weighted by atomic mass is 16.3. The maximum absolute atomic E-state index is 12.2. The topological polar surface area (TPSA) is 40.5 Å². The van der Waals surface area contributed by atoms with E-state index in [1.807, 2.05) is 11.8 Å². The first-order chi connectivity index (χ1) is 7.89. The highest BCUT2D eigenvalue weighted by Gasteiger charge is 2.57. The SMILES string of the molecule is CC1(C(=O)N2CCC3(CC2)CCC3(C)O)CC1. The summed E-state index contributed by atoms with van der Waals surface area (Å²) in [5.74, 6) is 0.353. The van der Waals surface area contributed by atoms with E-state index in [4.69, 9.17) is 0 Å². The molecule has 96 valence electrons. The van der Waals surface area contributed by atoms with Gasteiger partial charge in [0, 0.05) is 23.9 Å². The van der Waals surface area contributed by atoms with Crippen molar-refractivity contribution in [2.75, 3.05) is 13.1 Å². The Labute approximate surface area is 103 Å². The summed E-state index contributed by atoms with van der Waals surface area (Å²) in [6, 6.07) is 0. The summed E-state index contributed by atoms with van der Waals surface area (Å²) in [7, 11) is 0. The van der Waals surface area contributed by atoms with E-state index >= 15 is 0 Å². The molecule has 1 spiro atoms. The second-order valence-electron chi connectivity index (χ2n) is 6.91. The molecule has 1 unspecified atom stereocenters. The molecule has 1 amide bonds. The minimum Gasteiger partial charge on any atom is -0.390 e. The van der Waals surface area contributed by atoms with Gasteiger partial charge in [0.1, 0.15) is 0 Å². The van der Waals surface area contributed by atoms with Crippen molar-refractivity contribution in [1.29, 1.82) is 0 Å². The maximum atomic E-state index is 12.2. The fraction of sp³-hybridized carbons (Fsp3) is 0.929. The van der Waals surface area contributed by atoms with E-state index in [1.54, 1.807) is 0 Å². The summed E-state index contributed by atoms with van der Waals surface area (Å²) >= 11 is 0. The van der Waals surface area contributed by atoms with Gasteiger partial charge in [-0.1, -0.05) is 6.92 Å². The van der Waals surface area contributed by atoms with Crippen molar-refractivity contribution in [3.8, 4) is 0 Å². The monoisotopic (exact) mass is 237 g/mol. The van der Waals surface area contributed by atoms with Crippen LogP contribution >= 0.6 is 0 Å². The van der Waals surface area contributed by atoms with E-state index in [0.717, 1.165) is 51.6 Å². The number of rotatable bonds is 1. The van der Waals surface area contributed by atoms with Crippen LogP contribution in [0.1, 0.15) is 52.4 Å². The van der Waals surface area contributed by atoms with Gasteiger partial charge in [0.2, 0.25) is 5.91 Å². The minimum atomic E-state index is -0.481. The summed E-state index contributed by atoms with van der Waals surface area (Å²) in [4.78, 5) is 14.3. The smallest absolute Gasteiger partial charge is 0.228 e. The van der Waals surface area contributed by atoms with Gasteiger partial charge in [-0.3, -0.25) is 4.79 Å². The molecule has 1 saturated heterocycles. The molecule has 1 N–H and O–H groups in total. The van der Waals surface area contributed by atoms with Crippen molar-refractivity contribution in [2.24, 2.45) is 10.8 Å². The molecule has 1 heterocycles. The van der Waals surface area contributed by atoms with Crippen LogP contribution in [0.3, 0.4) is 0 Å².